The van der Waals surface area contributed by atoms with E-state index < -0.39 is 16.1 Å². The first-order valence-electron chi connectivity index (χ1n) is 9.66. The maximum Gasteiger partial charge on any atom is 0.263 e. The molecule has 7 nitrogen and oxygen atoms in total. The third-order valence-electron chi connectivity index (χ3n) is 4.95. The number of halogens is 1. The molecule has 1 fully saturated rings. The third kappa shape index (κ3) is 5.65. The Labute approximate surface area is 182 Å². The van der Waals surface area contributed by atoms with Gasteiger partial charge in [0.15, 0.2) is 6.10 Å². The monoisotopic (exact) mass is 452 g/mol. The Morgan fingerprint density at radius 2 is 1.80 bits per heavy atom. The van der Waals surface area contributed by atoms with Crippen LogP contribution >= 0.6 is 11.6 Å². The van der Waals surface area contributed by atoms with Crippen molar-refractivity contribution in [3.8, 4) is 11.5 Å². The van der Waals surface area contributed by atoms with Crippen LogP contribution in [0.15, 0.2) is 53.4 Å². The van der Waals surface area contributed by atoms with E-state index >= 15 is 0 Å². The number of benzene rings is 2. The third-order valence-corrected chi connectivity index (χ3v) is 6.73. The average molecular weight is 453 g/mol. The number of sulfonamides is 1. The largest absolute Gasteiger partial charge is 0.497 e. The van der Waals surface area contributed by atoms with Crippen LogP contribution in [0.25, 0.3) is 0 Å². The minimum absolute atomic E-state index is 0.133. The number of methoxy groups -OCH3 is 1. The lowest BCUT2D eigenvalue weighted by atomic mass is 10.1. The number of amides is 1. The van der Waals surface area contributed by atoms with Crippen molar-refractivity contribution in [3.63, 3.8) is 0 Å². The van der Waals surface area contributed by atoms with Gasteiger partial charge in [-0.3, -0.25) is 4.79 Å². The molecule has 1 heterocycles. The summed E-state index contributed by atoms with van der Waals surface area (Å²) < 4.78 is 38.7. The molecule has 0 aliphatic carbocycles. The maximum atomic E-state index is 12.7. The summed E-state index contributed by atoms with van der Waals surface area (Å²) in [5.74, 6) is 0.992. The standard InChI is InChI=1S/C21H25ClN2O5S/c1-15(29-19-5-3-4-16(22)14-19)21(25)24-12-10-17(11-13-24)23-30(26,27)20-8-6-18(28-2)7-9-20/h3-9,14-15,17,23H,10-13H2,1-2H3/t15-/m1/s1. The molecule has 1 amide bonds. The molecule has 2 aromatic rings. The lowest BCUT2D eigenvalue weighted by Gasteiger charge is -2.33. The smallest absolute Gasteiger partial charge is 0.263 e. The molecule has 0 spiro atoms. The predicted octanol–water partition coefficient (Wildman–Crippen LogP) is 3.09. The van der Waals surface area contributed by atoms with E-state index in [2.05, 4.69) is 4.72 Å². The van der Waals surface area contributed by atoms with Crippen molar-refractivity contribution >= 4 is 27.5 Å². The van der Waals surface area contributed by atoms with Crippen molar-refractivity contribution < 1.29 is 22.7 Å². The molecule has 9 heteroatoms. The second-order valence-corrected chi connectivity index (χ2v) is 9.26. The van der Waals surface area contributed by atoms with Crippen LogP contribution in [0, 0.1) is 0 Å². The van der Waals surface area contributed by atoms with Gasteiger partial charge in [0.1, 0.15) is 11.5 Å². The molecule has 1 aliphatic rings. The zero-order chi connectivity index (χ0) is 21.7. The predicted molar refractivity (Wildman–Crippen MR) is 114 cm³/mol. The molecule has 1 aliphatic heterocycles. The van der Waals surface area contributed by atoms with E-state index in [1.807, 2.05) is 0 Å². The van der Waals surface area contributed by atoms with E-state index in [0.29, 0.717) is 42.5 Å². The molecular formula is C21H25ClN2O5S. The van der Waals surface area contributed by atoms with Gasteiger partial charge in [0, 0.05) is 24.2 Å². The van der Waals surface area contributed by atoms with Crippen molar-refractivity contribution in [1.82, 2.24) is 9.62 Å². The van der Waals surface area contributed by atoms with Crippen LogP contribution in [-0.4, -0.2) is 51.6 Å². The maximum absolute atomic E-state index is 12.7. The Morgan fingerprint density at radius 3 is 2.40 bits per heavy atom. The SMILES string of the molecule is COc1ccc(S(=O)(=O)NC2CCN(C(=O)[C@@H](C)Oc3cccc(Cl)c3)CC2)cc1. The molecule has 1 N–H and O–H groups in total. The van der Waals surface area contributed by atoms with Crippen LogP contribution in [0.4, 0.5) is 0 Å². The Bertz CT molecular complexity index is 973. The molecule has 1 atom stereocenters. The molecule has 30 heavy (non-hydrogen) atoms. The van der Waals surface area contributed by atoms with Gasteiger partial charge >= 0.3 is 0 Å². The van der Waals surface area contributed by atoms with Gasteiger partial charge in [-0.25, -0.2) is 13.1 Å². The van der Waals surface area contributed by atoms with E-state index in [-0.39, 0.29) is 16.8 Å². The highest BCUT2D eigenvalue weighted by Crippen LogP contribution is 2.21. The lowest BCUT2D eigenvalue weighted by molar-refractivity contribution is -0.139. The molecule has 3 rings (SSSR count). The fourth-order valence-corrected chi connectivity index (χ4v) is 4.80. The highest BCUT2D eigenvalue weighted by molar-refractivity contribution is 7.89. The van der Waals surface area contributed by atoms with Gasteiger partial charge in [-0.1, -0.05) is 17.7 Å². The average Bonchev–Trinajstić information content (AvgIpc) is 2.73. The van der Waals surface area contributed by atoms with Gasteiger partial charge < -0.3 is 14.4 Å². The molecule has 0 saturated carbocycles. The van der Waals surface area contributed by atoms with Crippen LogP contribution in [0.1, 0.15) is 19.8 Å². The molecule has 0 unspecified atom stereocenters. The highest BCUT2D eigenvalue weighted by atomic mass is 35.5. The molecule has 2 aromatic carbocycles. The van der Waals surface area contributed by atoms with E-state index in [0.717, 1.165) is 0 Å². The van der Waals surface area contributed by atoms with Crippen molar-refractivity contribution in [3.05, 3.63) is 53.6 Å². The summed E-state index contributed by atoms with van der Waals surface area (Å²) in [6.45, 7) is 2.61. The fourth-order valence-electron chi connectivity index (χ4n) is 3.31. The number of nitrogens with one attached hydrogen (secondary N) is 1. The van der Waals surface area contributed by atoms with Crippen LogP contribution in [-0.2, 0) is 14.8 Å². The molecule has 1 saturated heterocycles. The second-order valence-electron chi connectivity index (χ2n) is 7.11. The zero-order valence-electron chi connectivity index (χ0n) is 16.9. The van der Waals surface area contributed by atoms with E-state index in [1.54, 1.807) is 48.2 Å². The molecule has 162 valence electrons. The first kappa shape index (κ1) is 22.4. The van der Waals surface area contributed by atoms with E-state index in [1.165, 1.54) is 19.2 Å². The first-order valence-corrected chi connectivity index (χ1v) is 11.5. The van der Waals surface area contributed by atoms with Gasteiger partial charge in [-0.05, 0) is 62.2 Å². The molecule has 0 bridgehead atoms. The van der Waals surface area contributed by atoms with Crippen molar-refractivity contribution in [2.45, 2.75) is 36.8 Å². The number of hydrogen-bond donors (Lipinski definition) is 1. The highest BCUT2D eigenvalue weighted by Gasteiger charge is 2.29. The van der Waals surface area contributed by atoms with Gasteiger partial charge in [0.05, 0.1) is 12.0 Å². The van der Waals surface area contributed by atoms with Crippen LogP contribution in [0.5, 0.6) is 11.5 Å². The number of carbonyl (C=O) groups excluding carboxylic acids is 1. The van der Waals surface area contributed by atoms with Gasteiger partial charge in [-0.2, -0.15) is 0 Å². The summed E-state index contributed by atoms with van der Waals surface area (Å²) in [6.07, 6.45) is 0.409. The molecular weight excluding hydrogens is 428 g/mol. The summed E-state index contributed by atoms with van der Waals surface area (Å²) in [7, 11) is -2.10. The second kappa shape index (κ2) is 9.68. The number of rotatable bonds is 7. The Hall–Kier alpha value is -2.29. The zero-order valence-corrected chi connectivity index (χ0v) is 18.4. The van der Waals surface area contributed by atoms with Crippen LogP contribution < -0.4 is 14.2 Å². The molecule has 0 radical (unpaired) electrons. The summed E-state index contributed by atoms with van der Waals surface area (Å²) in [5, 5.41) is 0.539. The summed E-state index contributed by atoms with van der Waals surface area (Å²) >= 11 is 5.95. The normalized spacial score (nSPS) is 16.2. The summed E-state index contributed by atoms with van der Waals surface area (Å²) in [6, 6.07) is 12.9. The topological polar surface area (TPSA) is 84.9 Å². The number of piperidine rings is 1. The van der Waals surface area contributed by atoms with Crippen molar-refractivity contribution in [2.75, 3.05) is 20.2 Å². The minimum Gasteiger partial charge on any atom is -0.497 e. The van der Waals surface area contributed by atoms with Gasteiger partial charge in [0.2, 0.25) is 10.0 Å². The Kier molecular flexibility index (Phi) is 7.23. The van der Waals surface area contributed by atoms with Gasteiger partial charge in [-0.15, -0.1) is 0 Å². The number of hydrogen-bond acceptors (Lipinski definition) is 5. The van der Waals surface area contributed by atoms with E-state index in [9.17, 15) is 13.2 Å². The quantitative estimate of drug-likeness (QED) is 0.697. The van der Waals surface area contributed by atoms with E-state index in [4.69, 9.17) is 21.1 Å². The van der Waals surface area contributed by atoms with Crippen LogP contribution in [0.2, 0.25) is 5.02 Å². The summed E-state index contributed by atoms with van der Waals surface area (Å²) in [5.41, 5.74) is 0. The first-order chi connectivity index (χ1) is 14.3. The number of likely N-dealkylation sites (tertiary alicyclic amines) is 1. The van der Waals surface area contributed by atoms with Crippen molar-refractivity contribution in [2.24, 2.45) is 0 Å². The Morgan fingerprint density at radius 1 is 1.13 bits per heavy atom. The molecule has 0 aromatic heterocycles. The number of nitrogens with zero attached hydrogens (tertiary/aromatic N) is 1. The number of ether oxygens (including phenoxy) is 2. The lowest BCUT2D eigenvalue weighted by Crippen LogP contribution is -2.49. The van der Waals surface area contributed by atoms with Gasteiger partial charge in [0.25, 0.3) is 5.91 Å². The summed E-state index contributed by atoms with van der Waals surface area (Å²) in [4.78, 5) is 14.6. The fraction of sp³-hybridized carbons (Fsp3) is 0.381. The van der Waals surface area contributed by atoms with Crippen LogP contribution in [0.3, 0.4) is 0 Å². The number of carbonyl (C=O) groups is 1. The van der Waals surface area contributed by atoms with Crippen molar-refractivity contribution in [1.29, 1.82) is 0 Å². The Balaban J connectivity index is 1.52. The minimum atomic E-state index is -3.63.